The molecule has 1 aromatic carbocycles. The Morgan fingerprint density at radius 3 is 2.57 bits per heavy atom. The van der Waals surface area contributed by atoms with Crippen molar-refractivity contribution in [1.29, 1.82) is 0 Å². The Balaban J connectivity index is 2.18. The Labute approximate surface area is 121 Å². The molecule has 0 bridgehead atoms. The van der Waals surface area contributed by atoms with Crippen molar-refractivity contribution in [3.63, 3.8) is 0 Å². The van der Waals surface area contributed by atoms with Crippen LogP contribution in [0.4, 0.5) is 17.3 Å². The van der Waals surface area contributed by atoms with Crippen molar-refractivity contribution in [3.05, 3.63) is 52.1 Å². The standard InChI is InChI=1S/C14H16N4O3/c1-9(10-3-5-12(21-2)6-4-10)16-14-8-11(18(19)20)7-13(15)17-14/h3-9H,1-2H3,(H3,15,16,17). The summed E-state index contributed by atoms with van der Waals surface area (Å²) in [5.41, 5.74) is 6.49. The monoisotopic (exact) mass is 288 g/mol. The van der Waals surface area contributed by atoms with Crippen molar-refractivity contribution in [3.8, 4) is 5.75 Å². The number of nitrogens with zero attached hydrogens (tertiary/aromatic N) is 2. The first-order chi connectivity index (χ1) is 9.99. The van der Waals surface area contributed by atoms with Gasteiger partial charge in [-0.15, -0.1) is 0 Å². The van der Waals surface area contributed by atoms with Crippen molar-refractivity contribution < 1.29 is 9.66 Å². The third-order valence-corrected chi connectivity index (χ3v) is 3.02. The Morgan fingerprint density at radius 1 is 1.33 bits per heavy atom. The van der Waals surface area contributed by atoms with Gasteiger partial charge in [-0.25, -0.2) is 4.98 Å². The topological polar surface area (TPSA) is 103 Å². The Morgan fingerprint density at radius 2 is 2.00 bits per heavy atom. The zero-order chi connectivity index (χ0) is 15.4. The van der Waals surface area contributed by atoms with E-state index in [9.17, 15) is 10.1 Å². The second-order valence-corrected chi connectivity index (χ2v) is 4.53. The van der Waals surface area contributed by atoms with E-state index < -0.39 is 4.92 Å². The minimum absolute atomic E-state index is 0.0789. The maximum atomic E-state index is 10.8. The summed E-state index contributed by atoms with van der Waals surface area (Å²) in [4.78, 5) is 14.4. The molecule has 3 N–H and O–H groups in total. The molecule has 7 heteroatoms. The van der Waals surface area contributed by atoms with Crippen LogP contribution in [0.15, 0.2) is 36.4 Å². The van der Waals surface area contributed by atoms with Crippen LogP contribution in [0.5, 0.6) is 5.75 Å². The van der Waals surface area contributed by atoms with Crippen molar-refractivity contribution >= 4 is 17.3 Å². The fourth-order valence-corrected chi connectivity index (χ4v) is 1.91. The summed E-state index contributed by atoms with van der Waals surface area (Å²) in [7, 11) is 1.60. The normalized spacial score (nSPS) is 11.7. The largest absolute Gasteiger partial charge is 0.497 e. The van der Waals surface area contributed by atoms with Crippen LogP contribution in [-0.4, -0.2) is 17.0 Å². The highest BCUT2D eigenvalue weighted by Gasteiger charge is 2.12. The maximum Gasteiger partial charge on any atom is 0.276 e. The average molecular weight is 288 g/mol. The van der Waals surface area contributed by atoms with Crippen molar-refractivity contribution in [1.82, 2.24) is 4.98 Å². The highest BCUT2D eigenvalue weighted by Crippen LogP contribution is 2.24. The van der Waals surface area contributed by atoms with E-state index in [1.807, 2.05) is 31.2 Å². The summed E-state index contributed by atoms with van der Waals surface area (Å²) in [5.74, 6) is 1.24. The third kappa shape index (κ3) is 3.59. The Hall–Kier alpha value is -2.83. The quantitative estimate of drug-likeness (QED) is 0.647. The van der Waals surface area contributed by atoms with Crippen LogP contribution in [0.3, 0.4) is 0 Å². The van der Waals surface area contributed by atoms with Crippen LogP contribution in [-0.2, 0) is 0 Å². The number of rotatable bonds is 5. The number of ether oxygens (including phenoxy) is 1. The molecular weight excluding hydrogens is 272 g/mol. The summed E-state index contributed by atoms with van der Waals surface area (Å²) >= 11 is 0. The summed E-state index contributed by atoms with van der Waals surface area (Å²) in [6, 6.07) is 10.0. The number of nitrogens with two attached hydrogens (primary N) is 1. The lowest BCUT2D eigenvalue weighted by Crippen LogP contribution is -2.09. The number of methoxy groups -OCH3 is 1. The lowest BCUT2D eigenvalue weighted by molar-refractivity contribution is -0.384. The molecule has 0 radical (unpaired) electrons. The van der Waals surface area contributed by atoms with Crippen molar-refractivity contribution in [2.45, 2.75) is 13.0 Å². The van der Waals surface area contributed by atoms with Crippen LogP contribution in [0.1, 0.15) is 18.5 Å². The number of hydrogen-bond donors (Lipinski definition) is 2. The third-order valence-electron chi connectivity index (χ3n) is 3.02. The van der Waals surface area contributed by atoms with Gasteiger partial charge in [-0.2, -0.15) is 0 Å². The lowest BCUT2D eigenvalue weighted by Gasteiger charge is -2.15. The first-order valence-corrected chi connectivity index (χ1v) is 6.32. The molecule has 0 saturated heterocycles. The molecular formula is C14H16N4O3. The average Bonchev–Trinajstić information content (AvgIpc) is 2.46. The van der Waals surface area contributed by atoms with E-state index in [1.165, 1.54) is 12.1 Å². The molecule has 0 spiro atoms. The minimum atomic E-state index is -0.499. The zero-order valence-electron chi connectivity index (χ0n) is 11.7. The van der Waals surface area contributed by atoms with Crippen LogP contribution in [0, 0.1) is 10.1 Å². The van der Waals surface area contributed by atoms with E-state index >= 15 is 0 Å². The first-order valence-electron chi connectivity index (χ1n) is 6.32. The molecule has 1 atom stereocenters. The second kappa shape index (κ2) is 6.08. The molecule has 1 aromatic heterocycles. The van der Waals surface area contributed by atoms with E-state index in [1.54, 1.807) is 7.11 Å². The molecule has 7 nitrogen and oxygen atoms in total. The second-order valence-electron chi connectivity index (χ2n) is 4.53. The summed E-state index contributed by atoms with van der Waals surface area (Å²) in [6.07, 6.45) is 0. The number of anilines is 2. The maximum absolute atomic E-state index is 10.8. The summed E-state index contributed by atoms with van der Waals surface area (Å²) in [5, 5.41) is 13.9. The molecule has 0 aliphatic rings. The van der Waals surface area contributed by atoms with E-state index in [0.717, 1.165) is 11.3 Å². The van der Waals surface area contributed by atoms with Gasteiger partial charge in [0, 0.05) is 6.04 Å². The molecule has 0 saturated carbocycles. The predicted molar refractivity (Wildman–Crippen MR) is 80.3 cm³/mol. The number of nitro groups is 1. The number of nitrogen functional groups attached to an aromatic ring is 1. The van der Waals surface area contributed by atoms with Gasteiger partial charge in [0.05, 0.1) is 24.2 Å². The Kier molecular flexibility index (Phi) is 4.22. The van der Waals surface area contributed by atoms with Gasteiger partial charge >= 0.3 is 0 Å². The van der Waals surface area contributed by atoms with E-state index in [4.69, 9.17) is 10.5 Å². The van der Waals surface area contributed by atoms with Crippen molar-refractivity contribution in [2.75, 3.05) is 18.2 Å². The molecule has 1 heterocycles. The molecule has 0 fully saturated rings. The van der Waals surface area contributed by atoms with E-state index in [2.05, 4.69) is 10.3 Å². The first kappa shape index (κ1) is 14.6. The molecule has 2 aromatic rings. The number of pyridine rings is 1. The van der Waals surface area contributed by atoms with Gasteiger partial charge < -0.3 is 15.8 Å². The van der Waals surface area contributed by atoms with Crippen LogP contribution >= 0.6 is 0 Å². The van der Waals surface area contributed by atoms with Gasteiger partial charge in [0.15, 0.2) is 0 Å². The van der Waals surface area contributed by atoms with E-state index in [-0.39, 0.29) is 17.5 Å². The van der Waals surface area contributed by atoms with Gasteiger partial charge in [0.25, 0.3) is 5.69 Å². The van der Waals surface area contributed by atoms with Gasteiger partial charge in [-0.3, -0.25) is 10.1 Å². The summed E-state index contributed by atoms with van der Waals surface area (Å²) < 4.78 is 5.10. The molecule has 110 valence electrons. The number of aromatic nitrogens is 1. The zero-order valence-corrected chi connectivity index (χ0v) is 11.7. The number of hydrogen-bond acceptors (Lipinski definition) is 6. The highest BCUT2D eigenvalue weighted by molar-refractivity contribution is 5.53. The van der Waals surface area contributed by atoms with Gasteiger partial charge in [0.2, 0.25) is 0 Å². The molecule has 0 aliphatic heterocycles. The van der Waals surface area contributed by atoms with Gasteiger partial charge in [0.1, 0.15) is 17.4 Å². The molecule has 0 amide bonds. The predicted octanol–water partition coefficient (Wildman–Crippen LogP) is 2.75. The molecule has 2 rings (SSSR count). The van der Waals surface area contributed by atoms with Crippen LogP contribution in [0.25, 0.3) is 0 Å². The fourth-order valence-electron chi connectivity index (χ4n) is 1.91. The Bertz CT molecular complexity index is 643. The lowest BCUT2D eigenvalue weighted by atomic mass is 10.1. The minimum Gasteiger partial charge on any atom is -0.497 e. The van der Waals surface area contributed by atoms with Crippen LogP contribution < -0.4 is 15.8 Å². The molecule has 0 aliphatic carbocycles. The number of benzene rings is 1. The van der Waals surface area contributed by atoms with E-state index in [0.29, 0.717) is 5.82 Å². The van der Waals surface area contributed by atoms with Gasteiger partial charge in [-0.1, -0.05) is 12.1 Å². The summed E-state index contributed by atoms with van der Waals surface area (Å²) in [6.45, 7) is 1.93. The van der Waals surface area contributed by atoms with Crippen molar-refractivity contribution in [2.24, 2.45) is 0 Å². The number of nitrogens with one attached hydrogen (secondary N) is 1. The van der Waals surface area contributed by atoms with Crippen LogP contribution in [0.2, 0.25) is 0 Å². The highest BCUT2D eigenvalue weighted by atomic mass is 16.6. The molecule has 1 unspecified atom stereocenters. The fraction of sp³-hybridized carbons (Fsp3) is 0.214. The molecule has 21 heavy (non-hydrogen) atoms. The smallest absolute Gasteiger partial charge is 0.276 e. The SMILES string of the molecule is COc1ccc(C(C)Nc2cc([N+](=O)[O-])cc(N)n2)cc1. The van der Waals surface area contributed by atoms with Gasteiger partial charge in [-0.05, 0) is 24.6 Å².